The van der Waals surface area contributed by atoms with Gasteiger partial charge in [0.15, 0.2) is 12.1 Å². The van der Waals surface area contributed by atoms with Gasteiger partial charge >= 0.3 is 11.9 Å². The van der Waals surface area contributed by atoms with Gasteiger partial charge in [-0.2, -0.15) is 0 Å². The Hall–Kier alpha value is -5.12. The van der Waals surface area contributed by atoms with Gasteiger partial charge in [-0.1, -0.05) is 112 Å². The third kappa shape index (κ3) is 10.2. The number of Topliss-reactive ketones (excluding diaryl/α,β-unsaturated/α-hetero) is 1. The zero-order chi connectivity index (χ0) is 45.5. The number of hydrogen-bond donors (Lipinski definition) is 4. The normalized spacial score (nSPS) is 22.2. The molecule has 10 heteroatoms. The number of H-pyrrole nitrogens is 3. The molecule has 4 N–H and O–H groups in total. The molecule has 8 bridgehead atoms. The number of aromatic nitrogens is 3. The molecule has 340 valence electrons. The molecule has 1 saturated heterocycles. The van der Waals surface area contributed by atoms with Crippen molar-refractivity contribution in [1.29, 1.82) is 0 Å². The van der Waals surface area contributed by atoms with Crippen LogP contribution in [0.2, 0.25) is 0 Å². The highest BCUT2D eigenvalue weighted by molar-refractivity contribution is 6.24. The van der Waals surface area contributed by atoms with Gasteiger partial charge < -0.3 is 29.7 Å². The first kappa shape index (κ1) is 47.4. The second kappa shape index (κ2) is 21.0. The number of hydrogen-bond acceptors (Lipinski definition) is 7. The lowest BCUT2D eigenvalue weighted by molar-refractivity contribution is -0.144. The molecule has 1 unspecified atom stereocenters. The van der Waals surface area contributed by atoms with Gasteiger partial charge in [-0.25, -0.2) is 0 Å². The maximum Gasteiger partial charge on any atom is 0.321 e. The highest BCUT2D eigenvalue weighted by atomic mass is 16.5. The molecule has 1 fully saturated rings. The maximum atomic E-state index is 14.4. The SMILES string of the molecule is C=Cc1c2[nH]c(c1C)/C=C1\N/C(=C3\c4[nH]c(c(C)c4C(=O)[C@@H]3C(=O)OC)/C=c3\[nH]/c(c(C=O)c3CC)=C\2)[C@@H](CCC(=O)OCCC(C)CCC[C@H](C)CCC[C@H](C)CCCC)[C@@H]1C. The average Bonchev–Trinajstić information content (AvgIpc) is 4.01. The van der Waals surface area contributed by atoms with Gasteiger partial charge in [-0.3, -0.25) is 19.2 Å². The molecule has 0 aromatic carbocycles. The van der Waals surface area contributed by atoms with Crippen molar-refractivity contribution in [3.05, 3.63) is 84.8 Å². The molecule has 63 heavy (non-hydrogen) atoms. The number of ether oxygens (including phenoxy) is 2. The zero-order valence-electron chi connectivity index (χ0n) is 39.4. The van der Waals surface area contributed by atoms with Crippen molar-refractivity contribution in [2.45, 2.75) is 139 Å². The molecule has 3 aromatic rings. The van der Waals surface area contributed by atoms with Crippen molar-refractivity contribution in [1.82, 2.24) is 20.3 Å². The van der Waals surface area contributed by atoms with Crippen molar-refractivity contribution < 1.29 is 28.7 Å². The van der Waals surface area contributed by atoms with Gasteiger partial charge in [-0.05, 0) is 85.8 Å². The van der Waals surface area contributed by atoms with Crippen LogP contribution >= 0.6 is 0 Å². The molecule has 5 heterocycles. The van der Waals surface area contributed by atoms with Crippen LogP contribution in [-0.4, -0.2) is 52.7 Å². The van der Waals surface area contributed by atoms with Gasteiger partial charge in [0.25, 0.3) is 0 Å². The van der Waals surface area contributed by atoms with E-state index in [1.54, 1.807) is 0 Å². The molecular formula is C53H72N4O6. The van der Waals surface area contributed by atoms with Crippen LogP contribution in [0.4, 0.5) is 0 Å². The summed E-state index contributed by atoms with van der Waals surface area (Å²) >= 11 is 0. The number of esters is 2. The Morgan fingerprint density at radius 3 is 2.08 bits per heavy atom. The summed E-state index contributed by atoms with van der Waals surface area (Å²) in [6.45, 7) is 21.8. The highest BCUT2D eigenvalue weighted by Crippen LogP contribution is 2.48. The van der Waals surface area contributed by atoms with E-state index in [0.29, 0.717) is 64.4 Å². The van der Waals surface area contributed by atoms with Crippen molar-refractivity contribution in [3.8, 4) is 0 Å². The summed E-state index contributed by atoms with van der Waals surface area (Å²) in [5.41, 5.74) is 9.50. The molecule has 2 aliphatic heterocycles. The topological polar surface area (TPSA) is 146 Å². The fraction of sp³-hybridized carbons (Fsp3) is 0.547. The summed E-state index contributed by atoms with van der Waals surface area (Å²) in [5.74, 6) is -0.723. The fourth-order valence-corrected chi connectivity index (χ4v) is 10.3. The zero-order valence-corrected chi connectivity index (χ0v) is 39.4. The average molecular weight is 861 g/mol. The lowest BCUT2D eigenvalue weighted by atomic mass is 9.85. The Kier molecular flexibility index (Phi) is 15.8. The Labute approximate surface area is 374 Å². The van der Waals surface area contributed by atoms with Gasteiger partial charge in [0.1, 0.15) is 5.92 Å². The number of methoxy groups -OCH3 is 1. The number of aromatic amines is 3. The summed E-state index contributed by atoms with van der Waals surface area (Å²) in [7, 11) is 1.30. The van der Waals surface area contributed by atoms with Crippen LogP contribution in [0.15, 0.2) is 18.0 Å². The molecule has 3 aromatic heterocycles. The van der Waals surface area contributed by atoms with Crippen LogP contribution < -0.4 is 16.0 Å². The third-order valence-corrected chi connectivity index (χ3v) is 14.3. The predicted octanol–water partition coefficient (Wildman–Crippen LogP) is 10.0. The lowest BCUT2D eigenvalue weighted by Gasteiger charge is -2.20. The van der Waals surface area contributed by atoms with E-state index in [9.17, 15) is 19.2 Å². The molecular weight excluding hydrogens is 789 g/mol. The minimum atomic E-state index is -1.18. The molecule has 0 spiro atoms. The van der Waals surface area contributed by atoms with Crippen molar-refractivity contribution in [2.75, 3.05) is 13.7 Å². The number of rotatable bonds is 21. The highest BCUT2D eigenvalue weighted by Gasteiger charge is 2.48. The Morgan fingerprint density at radius 1 is 0.825 bits per heavy atom. The van der Waals surface area contributed by atoms with Crippen molar-refractivity contribution in [3.63, 3.8) is 0 Å². The Morgan fingerprint density at radius 2 is 1.46 bits per heavy atom. The van der Waals surface area contributed by atoms with E-state index in [0.717, 1.165) is 75.8 Å². The van der Waals surface area contributed by atoms with Crippen LogP contribution in [0.1, 0.15) is 184 Å². The number of unbranched alkanes of at least 4 members (excludes halogenated alkanes) is 1. The maximum absolute atomic E-state index is 14.4. The van der Waals surface area contributed by atoms with Crippen molar-refractivity contribution in [2.24, 2.45) is 35.5 Å². The Bertz CT molecular complexity index is 2380. The second-order valence-corrected chi connectivity index (χ2v) is 18.8. The van der Waals surface area contributed by atoms with Gasteiger partial charge in [0.2, 0.25) is 0 Å². The summed E-state index contributed by atoms with van der Waals surface area (Å²) in [6.07, 6.45) is 22.2. The number of fused-ring (bicyclic) bond motifs is 7. The molecule has 10 nitrogen and oxygen atoms in total. The van der Waals surface area contributed by atoms with Crippen LogP contribution in [0, 0.1) is 49.4 Å². The summed E-state index contributed by atoms with van der Waals surface area (Å²) in [6, 6.07) is 0. The molecule has 3 aliphatic rings. The first-order valence-corrected chi connectivity index (χ1v) is 23.7. The van der Waals surface area contributed by atoms with Crippen LogP contribution in [0.5, 0.6) is 0 Å². The van der Waals surface area contributed by atoms with Crippen LogP contribution in [-0.2, 0) is 25.5 Å². The number of carbonyl (C=O) groups is 4. The van der Waals surface area contributed by atoms with E-state index in [2.05, 4.69) is 67.5 Å². The molecule has 0 saturated carbocycles. The molecule has 1 aliphatic carbocycles. The van der Waals surface area contributed by atoms with Crippen LogP contribution in [0.25, 0.3) is 29.9 Å². The molecule has 0 radical (unpaired) electrons. The minimum Gasteiger partial charge on any atom is -0.468 e. The summed E-state index contributed by atoms with van der Waals surface area (Å²) < 4.78 is 11.1. The standard InChI is InChI=1S/C53H72N4O6/c1-11-14-17-30(4)18-15-19-31(5)20-16-21-32(6)24-25-63-46(59)23-22-38-34(8)41-26-40-33(7)36(12-2)43(54-40)28-45-39(29-58)37(13-3)44(55-45)27-42-35(9)47-51(57-42)48(50(38)56-41)49(52(47)60)53(61)62-10/h12,26-32,34,38,49,54-57H,2,11,13-25H2,1,3-10H3/b41-26-,44-27-,45-28-,50-48-/t30-,31-,32?,34+,38+,49-/m1/s1. The third-order valence-electron chi connectivity index (χ3n) is 14.3. The molecule has 0 amide bonds. The van der Waals surface area contributed by atoms with E-state index in [1.807, 2.05) is 39.0 Å². The predicted molar refractivity (Wildman–Crippen MR) is 253 cm³/mol. The fourth-order valence-electron chi connectivity index (χ4n) is 10.3. The first-order chi connectivity index (χ1) is 30.3. The van der Waals surface area contributed by atoms with E-state index >= 15 is 0 Å². The molecule has 6 rings (SSSR count). The number of aldehydes is 1. The van der Waals surface area contributed by atoms with Gasteiger partial charge in [-0.15, -0.1) is 0 Å². The van der Waals surface area contributed by atoms with E-state index < -0.39 is 11.9 Å². The number of nitrogens with one attached hydrogen (secondary N) is 4. The van der Waals surface area contributed by atoms with Gasteiger partial charge in [0, 0.05) is 74.3 Å². The second-order valence-electron chi connectivity index (χ2n) is 18.8. The molecule has 6 atom stereocenters. The quantitative estimate of drug-likeness (QED) is 0.0474. The van der Waals surface area contributed by atoms with Crippen LogP contribution in [0.3, 0.4) is 0 Å². The minimum absolute atomic E-state index is 0.121. The van der Waals surface area contributed by atoms with Crippen molar-refractivity contribution >= 4 is 53.9 Å². The van der Waals surface area contributed by atoms with E-state index in [-0.39, 0.29) is 30.0 Å². The smallest absolute Gasteiger partial charge is 0.321 e. The van der Waals surface area contributed by atoms with Gasteiger partial charge in [0.05, 0.1) is 24.8 Å². The lowest BCUT2D eigenvalue weighted by Crippen LogP contribution is -2.25. The monoisotopic (exact) mass is 861 g/mol. The first-order valence-electron chi connectivity index (χ1n) is 23.7. The van der Waals surface area contributed by atoms with E-state index in [1.165, 1.54) is 58.5 Å². The summed E-state index contributed by atoms with van der Waals surface area (Å²) in [4.78, 5) is 64.6. The summed E-state index contributed by atoms with van der Waals surface area (Å²) in [5, 5.41) is 5.09. The number of allylic oxidation sites excluding steroid dienone is 2. The number of ketones is 1. The largest absolute Gasteiger partial charge is 0.468 e. The Balaban J connectivity index is 1.25. The number of carbonyl (C=O) groups excluding carboxylic acids is 4. The van der Waals surface area contributed by atoms with E-state index in [4.69, 9.17) is 9.47 Å².